The summed E-state index contributed by atoms with van der Waals surface area (Å²) in [6.45, 7) is 4.54. The molecule has 0 bridgehead atoms. The van der Waals surface area contributed by atoms with Crippen LogP contribution >= 0.6 is 0 Å². The molecule has 0 aliphatic carbocycles. The van der Waals surface area contributed by atoms with Crippen LogP contribution in [-0.2, 0) is 16.1 Å². The van der Waals surface area contributed by atoms with Gasteiger partial charge in [0.25, 0.3) is 0 Å². The zero-order chi connectivity index (χ0) is 14.4. The third-order valence-corrected chi connectivity index (χ3v) is 3.46. The quantitative estimate of drug-likeness (QED) is 0.794. The molecule has 1 aliphatic heterocycles. The monoisotopic (exact) mass is 278 g/mol. The summed E-state index contributed by atoms with van der Waals surface area (Å²) in [7, 11) is 1.44. The van der Waals surface area contributed by atoms with Gasteiger partial charge in [0.2, 0.25) is 0 Å². The number of hydrogen-bond acceptors (Lipinski definition) is 6. The number of rotatable bonds is 6. The van der Waals surface area contributed by atoms with Crippen LogP contribution in [0.2, 0.25) is 0 Å². The maximum atomic E-state index is 11.7. The normalized spacial score (nSPS) is 19.0. The molecular weight excluding hydrogens is 256 g/mol. The Labute approximate surface area is 119 Å². The van der Waals surface area contributed by atoms with Crippen LogP contribution in [0, 0.1) is 0 Å². The zero-order valence-electron chi connectivity index (χ0n) is 12.1. The molecule has 1 aliphatic rings. The lowest BCUT2D eigenvalue weighted by Crippen LogP contribution is -2.36. The Morgan fingerprint density at radius 2 is 2.35 bits per heavy atom. The molecule has 1 fully saturated rings. The Morgan fingerprint density at radius 1 is 1.50 bits per heavy atom. The van der Waals surface area contributed by atoms with E-state index in [0.717, 1.165) is 43.9 Å². The molecule has 110 valence electrons. The smallest absolute Gasteiger partial charge is 0.323 e. The molecule has 20 heavy (non-hydrogen) atoms. The van der Waals surface area contributed by atoms with E-state index >= 15 is 0 Å². The Morgan fingerprint density at radius 3 is 3.00 bits per heavy atom. The summed E-state index contributed by atoms with van der Waals surface area (Å²) in [6, 6.07) is -0.139. The molecule has 1 saturated heterocycles. The standard InChI is InChI=1S/C14H22N4O2/c1-3-6-15-13-9-16-11(8-17-13)10-18-7-4-5-12(18)14(19)20-2/h8-9,12H,3-7,10H2,1-2H3,(H,15,17). The third-order valence-electron chi connectivity index (χ3n) is 3.46. The Balaban J connectivity index is 1.93. The van der Waals surface area contributed by atoms with Gasteiger partial charge in [-0.1, -0.05) is 6.92 Å². The number of nitrogens with one attached hydrogen (secondary N) is 1. The van der Waals surface area contributed by atoms with Crippen molar-refractivity contribution >= 4 is 11.8 Å². The fraction of sp³-hybridized carbons (Fsp3) is 0.643. The van der Waals surface area contributed by atoms with Gasteiger partial charge in [-0.15, -0.1) is 0 Å². The highest BCUT2D eigenvalue weighted by Crippen LogP contribution is 2.20. The molecule has 2 rings (SSSR count). The van der Waals surface area contributed by atoms with Crippen LogP contribution < -0.4 is 5.32 Å². The van der Waals surface area contributed by atoms with Crippen LogP contribution in [0.5, 0.6) is 0 Å². The van der Waals surface area contributed by atoms with E-state index in [-0.39, 0.29) is 12.0 Å². The number of hydrogen-bond donors (Lipinski definition) is 1. The highest BCUT2D eigenvalue weighted by molar-refractivity contribution is 5.75. The first-order chi connectivity index (χ1) is 9.74. The van der Waals surface area contributed by atoms with E-state index in [1.54, 1.807) is 12.4 Å². The average molecular weight is 278 g/mol. The highest BCUT2D eigenvalue weighted by atomic mass is 16.5. The minimum atomic E-state index is -0.156. The fourth-order valence-electron chi connectivity index (χ4n) is 2.41. The van der Waals surface area contributed by atoms with Crippen LogP contribution in [0.1, 0.15) is 31.9 Å². The molecule has 1 atom stereocenters. The van der Waals surface area contributed by atoms with Crippen LogP contribution in [0.25, 0.3) is 0 Å². The van der Waals surface area contributed by atoms with Crippen LogP contribution in [0.15, 0.2) is 12.4 Å². The van der Waals surface area contributed by atoms with E-state index in [1.807, 2.05) is 0 Å². The molecule has 0 spiro atoms. The second kappa shape index (κ2) is 7.19. The predicted molar refractivity (Wildman–Crippen MR) is 76.3 cm³/mol. The Bertz CT molecular complexity index is 435. The summed E-state index contributed by atoms with van der Waals surface area (Å²) in [5, 5.41) is 3.19. The van der Waals surface area contributed by atoms with Crippen molar-refractivity contribution in [2.24, 2.45) is 0 Å². The van der Waals surface area contributed by atoms with E-state index in [9.17, 15) is 4.79 Å². The third kappa shape index (κ3) is 3.66. The molecule has 1 aromatic heterocycles. The molecule has 0 amide bonds. The predicted octanol–water partition coefficient (Wildman–Crippen LogP) is 1.44. The lowest BCUT2D eigenvalue weighted by Gasteiger charge is -2.21. The number of esters is 1. The van der Waals surface area contributed by atoms with Crippen molar-refractivity contribution in [3.8, 4) is 0 Å². The number of aromatic nitrogens is 2. The van der Waals surface area contributed by atoms with Gasteiger partial charge < -0.3 is 10.1 Å². The second-order valence-electron chi connectivity index (χ2n) is 4.97. The number of likely N-dealkylation sites (tertiary alicyclic amines) is 1. The average Bonchev–Trinajstić information content (AvgIpc) is 2.94. The highest BCUT2D eigenvalue weighted by Gasteiger charge is 2.31. The summed E-state index contributed by atoms with van der Waals surface area (Å²) in [5.74, 6) is 0.637. The molecule has 1 N–H and O–H groups in total. The molecule has 1 unspecified atom stereocenters. The van der Waals surface area contributed by atoms with Gasteiger partial charge in [-0.2, -0.15) is 0 Å². The zero-order valence-corrected chi connectivity index (χ0v) is 12.1. The van der Waals surface area contributed by atoms with Crippen molar-refractivity contribution in [2.75, 3.05) is 25.5 Å². The van der Waals surface area contributed by atoms with E-state index in [4.69, 9.17) is 4.74 Å². The first-order valence-corrected chi connectivity index (χ1v) is 7.11. The minimum absolute atomic E-state index is 0.139. The van der Waals surface area contributed by atoms with Crippen molar-refractivity contribution in [1.29, 1.82) is 0 Å². The molecule has 6 nitrogen and oxygen atoms in total. The maximum absolute atomic E-state index is 11.7. The molecule has 1 aromatic rings. The number of anilines is 1. The molecule has 0 radical (unpaired) electrons. The van der Waals surface area contributed by atoms with E-state index < -0.39 is 0 Å². The number of methoxy groups -OCH3 is 1. The van der Waals surface area contributed by atoms with E-state index in [1.165, 1.54) is 7.11 Å². The summed E-state index contributed by atoms with van der Waals surface area (Å²) in [5.41, 5.74) is 0.878. The van der Waals surface area contributed by atoms with Crippen molar-refractivity contribution in [3.05, 3.63) is 18.1 Å². The Hall–Kier alpha value is -1.69. The fourth-order valence-corrected chi connectivity index (χ4v) is 2.41. The van der Waals surface area contributed by atoms with Gasteiger partial charge >= 0.3 is 5.97 Å². The van der Waals surface area contributed by atoms with Crippen molar-refractivity contribution in [3.63, 3.8) is 0 Å². The lowest BCUT2D eigenvalue weighted by molar-refractivity contribution is -0.146. The number of carbonyl (C=O) groups is 1. The molecule has 2 heterocycles. The number of ether oxygens (including phenoxy) is 1. The van der Waals surface area contributed by atoms with Gasteiger partial charge in [0.1, 0.15) is 11.9 Å². The van der Waals surface area contributed by atoms with Gasteiger partial charge in [-0.25, -0.2) is 4.98 Å². The van der Waals surface area contributed by atoms with E-state index in [0.29, 0.717) is 6.54 Å². The topological polar surface area (TPSA) is 67.4 Å². The minimum Gasteiger partial charge on any atom is -0.468 e. The van der Waals surface area contributed by atoms with Gasteiger partial charge in [0, 0.05) is 13.1 Å². The van der Waals surface area contributed by atoms with Crippen molar-refractivity contribution in [2.45, 2.75) is 38.8 Å². The van der Waals surface area contributed by atoms with Gasteiger partial charge in [-0.05, 0) is 25.8 Å². The van der Waals surface area contributed by atoms with Gasteiger partial charge in [0.15, 0.2) is 0 Å². The second-order valence-corrected chi connectivity index (χ2v) is 4.97. The first-order valence-electron chi connectivity index (χ1n) is 7.11. The van der Waals surface area contributed by atoms with Crippen molar-refractivity contribution < 1.29 is 9.53 Å². The summed E-state index contributed by atoms with van der Waals surface area (Å²) >= 11 is 0. The van der Waals surface area contributed by atoms with Crippen LogP contribution in [0.4, 0.5) is 5.82 Å². The SMILES string of the molecule is CCCNc1cnc(CN2CCCC2C(=O)OC)cn1. The van der Waals surface area contributed by atoms with Gasteiger partial charge in [0.05, 0.1) is 25.2 Å². The van der Waals surface area contributed by atoms with Crippen molar-refractivity contribution in [1.82, 2.24) is 14.9 Å². The molecule has 6 heteroatoms. The number of carbonyl (C=O) groups excluding carboxylic acids is 1. The van der Waals surface area contributed by atoms with Crippen LogP contribution in [-0.4, -0.2) is 47.1 Å². The van der Waals surface area contributed by atoms with Crippen LogP contribution in [0.3, 0.4) is 0 Å². The summed E-state index contributed by atoms with van der Waals surface area (Å²) in [6.07, 6.45) is 6.44. The molecule has 0 saturated carbocycles. The molecular formula is C14H22N4O2. The largest absolute Gasteiger partial charge is 0.468 e. The maximum Gasteiger partial charge on any atom is 0.323 e. The molecule has 0 aromatic carbocycles. The van der Waals surface area contributed by atoms with Gasteiger partial charge in [-0.3, -0.25) is 14.7 Å². The number of nitrogens with zero attached hydrogens (tertiary/aromatic N) is 3. The Kier molecular flexibility index (Phi) is 5.29. The summed E-state index contributed by atoms with van der Waals surface area (Å²) < 4.78 is 4.84. The summed E-state index contributed by atoms with van der Waals surface area (Å²) in [4.78, 5) is 22.5. The lowest BCUT2D eigenvalue weighted by atomic mass is 10.2. The van der Waals surface area contributed by atoms with E-state index in [2.05, 4.69) is 27.1 Å². The first kappa shape index (κ1) is 14.7.